The molecule has 1 unspecified atom stereocenters. The Balaban J connectivity index is 2.00. The summed E-state index contributed by atoms with van der Waals surface area (Å²) in [6, 6.07) is 10.8. The van der Waals surface area contributed by atoms with Gasteiger partial charge in [-0.1, -0.05) is 51.8 Å². The van der Waals surface area contributed by atoms with E-state index in [-0.39, 0.29) is 4.83 Å². The van der Waals surface area contributed by atoms with Crippen LogP contribution in [0, 0.1) is 13.8 Å². The van der Waals surface area contributed by atoms with Crippen molar-refractivity contribution in [2.45, 2.75) is 31.9 Å². The zero-order valence-electron chi connectivity index (χ0n) is 11.5. The van der Waals surface area contributed by atoms with Gasteiger partial charge in [-0.2, -0.15) is 0 Å². The maximum absolute atomic E-state index is 6.18. The molecule has 0 aromatic heterocycles. The van der Waals surface area contributed by atoms with Crippen molar-refractivity contribution < 1.29 is 4.74 Å². The van der Waals surface area contributed by atoms with Crippen LogP contribution in [-0.4, -0.2) is 0 Å². The number of alkyl halides is 1. The normalized spacial score (nSPS) is 15.2. The number of hydrogen-bond donors (Lipinski definition) is 0. The van der Waals surface area contributed by atoms with Crippen LogP contribution in [0.5, 0.6) is 0 Å². The van der Waals surface area contributed by atoms with Crippen molar-refractivity contribution in [3.63, 3.8) is 0 Å². The van der Waals surface area contributed by atoms with Crippen molar-refractivity contribution in [1.82, 2.24) is 0 Å². The van der Waals surface area contributed by atoms with Crippen molar-refractivity contribution in [3.05, 3.63) is 68.7 Å². The Morgan fingerprint density at radius 2 is 1.80 bits per heavy atom. The first kappa shape index (κ1) is 14.1. The zero-order chi connectivity index (χ0) is 14.3. The molecule has 1 aliphatic rings. The van der Waals surface area contributed by atoms with E-state index in [9.17, 15) is 0 Å². The summed E-state index contributed by atoms with van der Waals surface area (Å²) < 4.78 is 5.48. The van der Waals surface area contributed by atoms with Gasteiger partial charge in [0.2, 0.25) is 0 Å². The maximum Gasteiger partial charge on any atom is 0.0725 e. The zero-order valence-corrected chi connectivity index (χ0v) is 13.9. The summed E-state index contributed by atoms with van der Waals surface area (Å²) in [4.78, 5) is 0.185. The fraction of sp³-hybridized carbons (Fsp3) is 0.294. The molecule has 1 aliphatic heterocycles. The number of benzene rings is 2. The van der Waals surface area contributed by atoms with Crippen LogP contribution in [0.3, 0.4) is 0 Å². The van der Waals surface area contributed by atoms with E-state index in [1.807, 2.05) is 13.0 Å². The molecule has 0 N–H and O–H groups in total. The van der Waals surface area contributed by atoms with E-state index in [4.69, 9.17) is 16.3 Å². The van der Waals surface area contributed by atoms with Gasteiger partial charge in [0, 0.05) is 5.02 Å². The van der Waals surface area contributed by atoms with Crippen LogP contribution in [0.4, 0.5) is 0 Å². The van der Waals surface area contributed by atoms with E-state index in [1.165, 1.54) is 27.8 Å². The van der Waals surface area contributed by atoms with Crippen LogP contribution in [0.25, 0.3) is 0 Å². The molecular formula is C17H16BrClO. The van der Waals surface area contributed by atoms with Crippen LogP contribution in [0.2, 0.25) is 5.02 Å². The summed E-state index contributed by atoms with van der Waals surface area (Å²) in [6.45, 7) is 5.61. The Bertz CT molecular complexity index is 666. The average Bonchev–Trinajstić information content (AvgIpc) is 2.89. The molecule has 1 nitrogen and oxygen atoms in total. The fourth-order valence-corrected chi connectivity index (χ4v) is 3.60. The maximum atomic E-state index is 6.18. The topological polar surface area (TPSA) is 9.23 Å². The van der Waals surface area contributed by atoms with Gasteiger partial charge in [0.25, 0.3) is 0 Å². The monoisotopic (exact) mass is 350 g/mol. The number of aryl methyl sites for hydroxylation is 2. The highest BCUT2D eigenvalue weighted by Crippen LogP contribution is 2.36. The van der Waals surface area contributed by atoms with E-state index < -0.39 is 0 Å². The molecule has 20 heavy (non-hydrogen) atoms. The van der Waals surface area contributed by atoms with Gasteiger partial charge >= 0.3 is 0 Å². The number of hydrogen-bond acceptors (Lipinski definition) is 1. The number of halogens is 2. The molecule has 2 aromatic carbocycles. The number of ether oxygens (including phenoxy) is 1. The SMILES string of the molecule is Cc1cc(C(Br)c2ccc3c(c2)COC3)c(C)cc1Cl. The predicted molar refractivity (Wildman–Crippen MR) is 86.6 cm³/mol. The molecule has 1 heterocycles. The lowest BCUT2D eigenvalue weighted by molar-refractivity contribution is 0.134. The highest BCUT2D eigenvalue weighted by Gasteiger charge is 2.18. The lowest BCUT2D eigenvalue weighted by Gasteiger charge is -2.16. The molecule has 0 amide bonds. The Morgan fingerprint density at radius 1 is 1.05 bits per heavy atom. The second-order valence-electron chi connectivity index (χ2n) is 5.34. The Hall–Kier alpha value is -0.830. The Kier molecular flexibility index (Phi) is 3.89. The second-order valence-corrected chi connectivity index (χ2v) is 6.66. The Morgan fingerprint density at radius 3 is 2.60 bits per heavy atom. The summed E-state index contributed by atoms with van der Waals surface area (Å²) in [6.07, 6.45) is 0. The molecule has 0 saturated heterocycles. The largest absolute Gasteiger partial charge is 0.372 e. The molecule has 0 radical (unpaired) electrons. The molecule has 3 rings (SSSR count). The third-order valence-electron chi connectivity index (χ3n) is 3.86. The summed E-state index contributed by atoms with van der Waals surface area (Å²) in [7, 11) is 0. The lowest BCUT2D eigenvalue weighted by atomic mass is 9.96. The van der Waals surface area contributed by atoms with E-state index in [0.29, 0.717) is 0 Å². The molecule has 3 heteroatoms. The van der Waals surface area contributed by atoms with Crippen molar-refractivity contribution >= 4 is 27.5 Å². The fourth-order valence-electron chi connectivity index (χ4n) is 2.61. The average molecular weight is 352 g/mol. The highest BCUT2D eigenvalue weighted by atomic mass is 79.9. The summed E-state index contributed by atoms with van der Waals surface area (Å²) >= 11 is 10.0. The lowest BCUT2D eigenvalue weighted by Crippen LogP contribution is -1.98. The minimum absolute atomic E-state index is 0.185. The predicted octanol–water partition coefficient (Wildman–Crippen LogP) is 5.47. The summed E-state index contributed by atoms with van der Waals surface area (Å²) in [5, 5.41) is 0.827. The van der Waals surface area contributed by atoms with Gasteiger partial charge < -0.3 is 4.74 Å². The molecule has 0 spiro atoms. The van der Waals surface area contributed by atoms with E-state index in [2.05, 4.69) is 47.1 Å². The molecule has 0 bridgehead atoms. The highest BCUT2D eigenvalue weighted by molar-refractivity contribution is 9.09. The third-order valence-corrected chi connectivity index (χ3v) is 5.29. The van der Waals surface area contributed by atoms with Crippen molar-refractivity contribution in [1.29, 1.82) is 0 Å². The first-order valence-corrected chi connectivity index (χ1v) is 7.96. The number of rotatable bonds is 2. The molecule has 0 aliphatic carbocycles. The quantitative estimate of drug-likeness (QED) is 0.652. The van der Waals surface area contributed by atoms with Gasteiger partial charge in [-0.3, -0.25) is 0 Å². The summed E-state index contributed by atoms with van der Waals surface area (Å²) in [5.41, 5.74) is 7.46. The minimum atomic E-state index is 0.185. The van der Waals surface area contributed by atoms with Gasteiger partial charge in [-0.05, 0) is 53.3 Å². The molecule has 2 aromatic rings. The molecule has 104 valence electrons. The number of fused-ring (bicyclic) bond motifs is 1. The van der Waals surface area contributed by atoms with Gasteiger partial charge in [0.15, 0.2) is 0 Å². The molecule has 1 atom stereocenters. The van der Waals surface area contributed by atoms with Gasteiger partial charge in [0.1, 0.15) is 0 Å². The first-order chi connectivity index (χ1) is 9.56. The van der Waals surface area contributed by atoms with Gasteiger partial charge in [-0.25, -0.2) is 0 Å². The second kappa shape index (κ2) is 5.51. The molecular weight excluding hydrogens is 336 g/mol. The van der Waals surface area contributed by atoms with Crippen LogP contribution in [-0.2, 0) is 18.0 Å². The van der Waals surface area contributed by atoms with Crippen LogP contribution >= 0.6 is 27.5 Å². The summed E-state index contributed by atoms with van der Waals surface area (Å²) in [5.74, 6) is 0. The van der Waals surface area contributed by atoms with Crippen molar-refractivity contribution in [2.24, 2.45) is 0 Å². The van der Waals surface area contributed by atoms with E-state index in [0.717, 1.165) is 23.8 Å². The van der Waals surface area contributed by atoms with Crippen LogP contribution in [0.1, 0.15) is 38.2 Å². The van der Waals surface area contributed by atoms with Crippen LogP contribution in [0.15, 0.2) is 30.3 Å². The van der Waals surface area contributed by atoms with Gasteiger partial charge in [-0.15, -0.1) is 0 Å². The van der Waals surface area contributed by atoms with Crippen molar-refractivity contribution in [2.75, 3.05) is 0 Å². The Labute approximate surface area is 133 Å². The first-order valence-electron chi connectivity index (χ1n) is 6.66. The molecule has 0 fully saturated rings. The minimum Gasteiger partial charge on any atom is -0.372 e. The van der Waals surface area contributed by atoms with Gasteiger partial charge in [0.05, 0.1) is 18.0 Å². The molecule has 0 saturated carbocycles. The van der Waals surface area contributed by atoms with Crippen molar-refractivity contribution in [3.8, 4) is 0 Å². The van der Waals surface area contributed by atoms with Crippen LogP contribution < -0.4 is 0 Å². The third kappa shape index (κ3) is 2.52. The smallest absolute Gasteiger partial charge is 0.0725 e. The standard InChI is InChI=1S/C17H16BrClO/c1-10-6-16(19)11(2)5-15(10)17(18)12-3-4-13-8-20-9-14(13)7-12/h3-7,17H,8-9H2,1-2H3. The van der Waals surface area contributed by atoms with E-state index >= 15 is 0 Å². The van der Waals surface area contributed by atoms with E-state index in [1.54, 1.807) is 0 Å².